The molecular formula is C17H25NO3S. The number of hydrogen-bond donors (Lipinski definition) is 1. The summed E-state index contributed by atoms with van der Waals surface area (Å²) in [4.78, 5) is 12.7. The molecule has 4 nitrogen and oxygen atoms in total. The molecule has 1 aliphatic rings. The van der Waals surface area contributed by atoms with Crippen LogP contribution in [0.15, 0.2) is 29.2 Å². The molecule has 1 aliphatic carbocycles. The topological polar surface area (TPSA) is 63.2 Å². The fourth-order valence-electron chi connectivity index (χ4n) is 2.94. The Morgan fingerprint density at radius 3 is 2.32 bits per heavy atom. The predicted molar refractivity (Wildman–Crippen MR) is 87.7 cm³/mol. The van der Waals surface area contributed by atoms with Crippen molar-refractivity contribution in [2.45, 2.75) is 62.8 Å². The van der Waals surface area contributed by atoms with Crippen molar-refractivity contribution in [3.8, 4) is 0 Å². The Bertz CT molecular complexity index is 602. The van der Waals surface area contributed by atoms with E-state index in [-0.39, 0.29) is 28.2 Å². The average molecular weight is 323 g/mol. The van der Waals surface area contributed by atoms with Crippen LogP contribution >= 0.6 is 0 Å². The van der Waals surface area contributed by atoms with Gasteiger partial charge in [-0.15, -0.1) is 0 Å². The molecule has 5 heteroatoms. The number of benzene rings is 1. The fourth-order valence-corrected chi connectivity index (χ4v) is 4.04. The Labute approximate surface area is 133 Å². The molecule has 0 heterocycles. The molecule has 0 saturated heterocycles. The SMILES string of the molecule is CCS(=O)(=O)c1ccccc1C(=O)NC1CCCCCCC1. The summed E-state index contributed by atoms with van der Waals surface area (Å²) in [6.45, 7) is 1.60. The summed E-state index contributed by atoms with van der Waals surface area (Å²) in [5.74, 6) is -0.265. The number of sulfone groups is 1. The Kier molecular flexibility index (Phi) is 6.00. The highest BCUT2D eigenvalue weighted by Crippen LogP contribution is 2.20. The van der Waals surface area contributed by atoms with Gasteiger partial charge >= 0.3 is 0 Å². The van der Waals surface area contributed by atoms with Gasteiger partial charge < -0.3 is 5.32 Å². The van der Waals surface area contributed by atoms with Gasteiger partial charge in [-0.3, -0.25) is 4.79 Å². The molecule has 0 unspecified atom stereocenters. The summed E-state index contributed by atoms with van der Waals surface area (Å²) < 4.78 is 24.3. The Balaban J connectivity index is 2.15. The van der Waals surface area contributed by atoms with Gasteiger partial charge in [0.2, 0.25) is 0 Å². The van der Waals surface area contributed by atoms with Crippen LogP contribution in [0, 0.1) is 0 Å². The molecule has 0 aromatic heterocycles. The third-order valence-electron chi connectivity index (χ3n) is 4.29. The normalized spacial score (nSPS) is 17.5. The number of amides is 1. The van der Waals surface area contributed by atoms with E-state index >= 15 is 0 Å². The molecule has 0 radical (unpaired) electrons. The molecule has 0 aliphatic heterocycles. The van der Waals surface area contributed by atoms with E-state index in [9.17, 15) is 13.2 Å². The summed E-state index contributed by atoms with van der Waals surface area (Å²) in [6.07, 6.45) is 7.92. The predicted octanol–water partition coefficient (Wildman–Crippen LogP) is 3.32. The molecule has 0 bridgehead atoms. The van der Waals surface area contributed by atoms with Gasteiger partial charge in [-0.05, 0) is 25.0 Å². The van der Waals surface area contributed by atoms with E-state index in [1.165, 1.54) is 25.3 Å². The van der Waals surface area contributed by atoms with Gasteiger partial charge in [-0.25, -0.2) is 8.42 Å². The van der Waals surface area contributed by atoms with E-state index in [2.05, 4.69) is 5.32 Å². The van der Waals surface area contributed by atoms with Crippen LogP contribution in [-0.4, -0.2) is 26.1 Å². The second kappa shape index (κ2) is 7.77. The average Bonchev–Trinajstić information content (AvgIpc) is 2.49. The zero-order valence-corrected chi connectivity index (χ0v) is 14.0. The summed E-state index contributed by atoms with van der Waals surface area (Å²) in [6, 6.07) is 6.65. The van der Waals surface area contributed by atoms with Crippen molar-refractivity contribution in [1.82, 2.24) is 5.32 Å². The molecule has 1 aromatic rings. The lowest BCUT2D eigenvalue weighted by atomic mass is 9.96. The number of rotatable bonds is 4. The van der Waals surface area contributed by atoms with E-state index in [4.69, 9.17) is 0 Å². The molecule has 1 N–H and O–H groups in total. The number of nitrogens with one attached hydrogen (secondary N) is 1. The highest BCUT2D eigenvalue weighted by Gasteiger charge is 2.22. The van der Waals surface area contributed by atoms with Crippen LogP contribution in [0.5, 0.6) is 0 Å². The minimum Gasteiger partial charge on any atom is -0.349 e. The first-order chi connectivity index (χ1) is 10.5. The summed E-state index contributed by atoms with van der Waals surface area (Å²) in [5.41, 5.74) is 0.270. The maximum absolute atomic E-state index is 12.5. The van der Waals surface area contributed by atoms with E-state index in [1.54, 1.807) is 25.1 Å². The highest BCUT2D eigenvalue weighted by atomic mass is 32.2. The van der Waals surface area contributed by atoms with Gasteiger partial charge in [0, 0.05) is 6.04 Å². The largest absolute Gasteiger partial charge is 0.349 e. The highest BCUT2D eigenvalue weighted by molar-refractivity contribution is 7.91. The number of hydrogen-bond acceptors (Lipinski definition) is 3. The first kappa shape index (κ1) is 17.0. The molecule has 1 fully saturated rings. The molecule has 2 rings (SSSR count). The molecule has 22 heavy (non-hydrogen) atoms. The van der Waals surface area contributed by atoms with Crippen molar-refractivity contribution in [3.63, 3.8) is 0 Å². The van der Waals surface area contributed by atoms with Crippen LogP contribution < -0.4 is 5.32 Å². The molecule has 1 saturated carbocycles. The van der Waals surface area contributed by atoms with Crippen molar-refractivity contribution in [1.29, 1.82) is 0 Å². The third-order valence-corrected chi connectivity index (χ3v) is 6.07. The second-order valence-electron chi connectivity index (χ2n) is 5.92. The van der Waals surface area contributed by atoms with E-state index in [0.717, 1.165) is 25.7 Å². The Morgan fingerprint density at radius 2 is 1.68 bits per heavy atom. The van der Waals surface area contributed by atoms with Crippen molar-refractivity contribution in [2.75, 3.05) is 5.75 Å². The Hall–Kier alpha value is -1.36. The van der Waals surface area contributed by atoms with Crippen LogP contribution in [0.25, 0.3) is 0 Å². The maximum Gasteiger partial charge on any atom is 0.252 e. The molecule has 1 amide bonds. The second-order valence-corrected chi connectivity index (χ2v) is 8.16. The van der Waals surface area contributed by atoms with Gasteiger partial charge in [0.1, 0.15) is 0 Å². The lowest BCUT2D eigenvalue weighted by Gasteiger charge is -2.21. The quantitative estimate of drug-likeness (QED) is 0.924. The maximum atomic E-state index is 12.5. The van der Waals surface area contributed by atoms with Gasteiger partial charge in [-0.2, -0.15) is 0 Å². The monoisotopic (exact) mass is 323 g/mol. The zero-order valence-electron chi connectivity index (χ0n) is 13.2. The molecule has 0 spiro atoms. The van der Waals surface area contributed by atoms with Crippen LogP contribution in [0.3, 0.4) is 0 Å². The number of carbonyl (C=O) groups is 1. The van der Waals surface area contributed by atoms with Crippen LogP contribution in [-0.2, 0) is 9.84 Å². The molecule has 122 valence electrons. The first-order valence-corrected chi connectivity index (χ1v) is 9.82. The lowest BCUT2D eigenvalue weighted by molar-refractivity contribution is 0.0927. The summed E-state index contributed by atoms with van der Waals surface area (Å²) in [5, 5.41) is 3.04. The number of carbonyl (C=O) groups excluding carboxylic acids is 1. The molecular weight excluding hydrogens is 298 g/mol. The summed E-state index contributed by atoms with van der Waals surface area (Å²) in [7, 11) is -3.39. The molecule has 0 atom stereocenters. The Morgan fingerprint density at radius 1 is 1.09 bits per heavy atom. The van der Waals surface area contributed by atoms with E-state index in [1.807, 2.05) is 0 Å². The minimum absolute atomic E-state index is 0.000716. The van der Waals surface area contributed by atoms with Gasteiger partial charge in [0.25, 0.3) is 5.91 Å². The van der Waals surface area contributed by atoms with Gasteiger partial charge in [-0.1, -0.05) is 51.2 Å². The van der Waals surface area contributed by atoms with Crippen LogP contribution in [0.4, 0.5) is 0 Å². The van der Waals surface area contributed by atoms with Gasteiger partial charge in [0.05, 0.1) is 16.2 Å². The van der Waals surface area contributed by atoms with Crippen molar-refractivity contribution >= 4 is 15.7 Å². The van der Waals surface area contributed by atoms with Crippen LogP contribution in [0.2, 0.25) is 0 Å². The van der Waals surface area contributed by atoms with E-state index in [0.29, 0.717) is 0 Å². The lowest BCUT2D eigenvalue weighted by Crippen LogP contribution is -2.36. The fraction of sp³-hybridized carbons (Fsp3) is 0.588. The molecule has 1 aromatic carbocycles. The van der Waals surface area contributed by atoms with Crippen LogP contribution in [0.1, 0.15) is 62.2 Å². The van der Waals surface area contributed by atoms with Crippen molar-refractivity contribution in [3.05, 3.63) is 29.8 Å². The zero-order chi connectivity index (χ0) is 16.0. The smallest absolute Gasteiger partial charge is 0.252 e. The first-order valence-electron chi connectivity index (χ1n) is 8.17. The minimum atomic E-state index is -3.39. The van der Waals surface area contributed by atoms with Crippen molar-refractivity contribution in [2.24, 2.45) is 0 Å². The van der Waals surface area contributed by atoms with Crippen molar-refractivity contribution < 1.29 is 13.2 Å². The van der Waals surface area contributed by atoms with E-state index < -0.39 is 9.84 Å². The standard InChI is InChI=1S/C17H25NO3S/c1-2-22(20,21)16-13-9-8-12-15(16)17(19)18-14-10-6-4-3-5-7-11-14/h8-9,12-14H,2-7,10-11H2,1H3,(H,18,19). The summed E-state index contributed by atoms with van der Waals surface area (Å²) >= 11 is 0. The third kappa shape index (κ3) is 4.32. The van der Waals surface area contributed by atoms with Gasteiger partial charge in [0.15, 0.2) is 9.84 Å².